The van der Waals surface area contributed by atoms with Gasteiger partial charge in [-0.05, 0) is 38.1 Å². The highest BCUT2D eigenvalue weighted by Crippen LogP contribution is 2.11. The van der Waals surface area contributed by atoms with Crippen molar-refractivity contribution in [3.05, 3.63) is 46.5 Å². The Balaban J connectivity index is 3.05. The predicted molar refractivity (Wildman–Crippen MR) is 65.2 cm³/mol. The van der Waals surface area contributed by atoms with Crippen LogP contribution in [0.15, 0.2) is 35.9 Å². The average molecular weight is 251 g/mol. The van der Waals surface area contributed by atoms with E-state index in [1.54, 1.807) is 24.3 Å². The molecule has 0 N–H and O–H groups in total. The lowest BCUT2D eigenvalue weighted by molar-refractivity contribution is -0.119. The van der Waals surface area contributed by atoms with Gasteiger partial charge < -0.3 is 0 Å². The fourth-order valence-electron chi connectivity index (χ4n) is 1.28. The molecule has 17 heavy (non-hydrogen) atoms. The van der Waals surface area contributed by atoms with Crippen LogP contribution < -0.4 is 0 Å². The molecule has 1 aromatic carbocycles. The number of rotatable bonds is 4. The minimum Gasteiger partial charge on any atom is -0.294 e. The van der Waals surface area contributed by atoms with Gasteiger partial charge in [-0.15, -0.1) is 0 Å². The van der Waals surface area contributed by atoms with Crippen LogP contribution in [0.25, 0.3) is 0 Å². The number of allylic oxidation sites excluding steroid dienone is 2. The van der Waals surface area contributed by atoms with Crippen LogP contribution in [0.3, 0.4) is 0 Å². The lowest BCUT2D eigenvalue weighted by Gasteiger charge is -1.99. The molecule has 3 nitrogen and oxygen atoms in total. The Hall–Kier alpha value is -1.74. The standard InChI is InChI=1S/C13H11ClO3/c1-8(15)12(9(2)16)7-13(17)10-3-5-11(14)6-4-10/h3-7H,1-2H3. The number of benzene rings is 1. The molecule has 0 unspecified atom stereocenters. The number of ketones is 3. The van der Waals surface area contributed by atoms with Crippen LogP contribution in [0.2, 0.25) is 5.02 Å². The maximum atomic E-state index is 11.8. The van der Waals surface area contributed by atoms with Crippen LogP contribution in [0, 0.1) is 0 Å². The summed E-state index contributed by atoms with van der Waals surface area (Å²) in [6.45, 7) is 2.50. The third kappa shape index (κ3) is 3.64. The Kier molecular flexibility index (Phi) is 4.35. The van der Waals surface area contributed by atoms with Gasteiger partial charge in [0.05, 0.1) is 5.57 Å². The summed E-state index contributed by atoms with van der Waals surface area (Å²) in [5.74, 6) is -1.22. The van der Waals surface area contributed by atoms with Crippen LogP contribution >= 0.6 is 11.6 Å². The molecule has 0 heterocycles. The molecular formula is C13H11ClO3. The van der Waals surface area contributed by atoms with E-state index in [-0.39, 0.29) is 11.4 Å². The van der Waals surface area contributed by atoms with Gasteiger partial charge in [-0.1, -0.05) is 11.6 Å². The molecule has 0 radical (unpaired) electrons. The van der Waals surface area contributed by atoms with E-state index < -0.39 is 11.6 Å². The predicted octanol–water partition coefficient (Wildman–Crippen LogP) is 2.63. The molecule has 1 aromatic rings. The third-order valence-corrected chi connectivity index (χ3v) is 2.41. The third-order valence-electron chi connectivity index (χ3n) is 2.16. The van der Waals surface area contributed by atoms with Crippen LogP contribution in [0.5, 0.6) is 0 Å². The fourth-order valence-corrected chi connectivity index (χ4v) is 1.41. The quantitative estimate of drug-likeness (QED) is 0.357. The van der Waals surface area contributed by atoms with Gasteiger partial charge in [0, 0.05) is 16.7 Å². The molecular weight excluding hydrogens is 240 g/mol. The summed E-state index contributed by atoms with van der Waals surface area (Å²) >= 11 is 5.69. The van der Waals surface area contributed by atoms with E-state index >= 15 is 0 Å². The number of Topliss-reactive ketones (excluding diaryl/α,β-unsaturated/α-hetero) is 2. The lowest BCUT2D eigenvalue weighted by Crippen LogP contribution is -2.09. The summed E-state index contributed by atoms with van der Waals surface area (Å²) in [5, 5.41) is 0.517. The second kappa shape index (κ2) is 5.55. The molecule has 88 valence electrons. The van der Waals surface area contributed by atoms with E-state index in [4.69, 9.17) is 11.6 Å². The fraction of sp³-hybridized carbons (Fsp3) is 0.154. The molecule has 4 heteroatoms. The summed E-state index contributed by atoms with van der Waals surface area (Å²) in [6, 6.07) is 6.23. The van der Waals surface area contributed by atoms with Crippen LogP contribution in [0.4, 0.5) is 0 Å². The summed E-state index contributed by atoms with van der Waals surface area (Å²) in [6.07, 6.45) is 1.06. The Labute approximate surface area is 104 Å². The number of halogens is 1. The monoisotopic (exact) mass is 250 g/mol. The first-order chi connectivity index (χ1) is 7.91. The molecule has 0 fully saturated rings. The zero-order valence-electron chi connectivity index (χ0n) is 9.49. The number of carbonyl (C=O) groups is 3. The van der Waals surface area contributed by atoms with Crippen LogP contribution in [-0.2, 0) is 9.59 Å². The average Bonchev–Trinajstić information content (AvgIpc) is 2.25. The van der Waals surface area contributed by atoms with Crippen molar-refractivity contribution in [2.24, 2.45) is 0 Å². The molecule has 0 aliphatic carbocycles. The SMILES string of the molecule is CC(=O)C(=CC(=O)c1ccc(Cl)cc1)C(C)=O. The van der Waals surface area contributed by atoms with Gasteiger partial charge in [0.2, 0.25) is 0 Å². The van der Waals surface area contributed by atoms with Gasteiger partial charge in [-0.3, -0.25) is 14.4 Å². The van der Waals surface area contributed by atoms with Crippen LogP contribution in [-0.4, -0.2) is 17.3 Å². The molecule has 0 amide bonds. The minimum atomic E-state index is -0.417. The topological polar surface area (TPSA) is 51.2 Å². The van der Waals surface area contributed by atoms with E-state index in [1.165, 1.54) is 13.8 Å². The van der Waals surface area contributed by atoms with Crippen molar-refractivity contribution in [1.29, 1.82) is 0 Å². The van der Waals surface area contributed by atoms with Crippen molar-refractivity contribution in [1.82, 2.24) is 0 Å². The second-order valence-electron chi connectivity index (χ2n) is 3.54. The van der Waals surface area contributed by atoms with Gasteiger partial charge in [-0.2, -0.15) is 0 Å². The van der Waals surface area contributed by atoms with Crippen molar-refractivity contribution in [2.75, 3.05) is 0 Å². The molecule has 0 spiro atoms. The Morgan fingerprint density at radius 1 is 1.00 bits per heavy atom. The molecule has 1 rings (SSSR count). The van der Waals surface area contributed by atoms with E-state index in [2.05, 4.69) is 0 Å². The van der Waals surface area contributed by atoms with E-state index in [9.17, 15) is 14.4 Å². The van der Waals surface area contributed by atoms with Gasteiger partial charge in [0.15, 0.2) is 17.3 Å². The van der Waals surface area contributed by atoms with Gasteiger partial charge >= 0.3 is 0 Å². The maximum Gasteiger partial charge on any atom is 0.186 e. The molecule has 0 aromatic heterocycles. The zero-order valence-corrected chi connectivity index (χ0v) is 10.2. The first-order valence-corrected chi connectivity index (χ1v) is 5.33. The summed E-state index contributed by atoms with van der Waals surface area (Å²) in [7, 11) is 0. The van der Waals surface area contributed by atoms with Gasteiger partial charge in [0.1, 0.15) is 0 Å². The summed E-state index contributed by atoms with van der Waals surface area (Å²) < 4.78 is 0. The smallest absolute Gasteiger partial charge is 0.186 e. The van der Waals surface area contributed by atoms with E-state index in [0.29, 0.717) is 10.6 Å². The highest BCUT2D eigenvalue weighted by Gasteiger charge is 2.12. The van der Waals surface area contributed by atoms with E-state index in [1.807, 2.05) is 0 Å². The Bertz CT molecular complexity index is 482. The highest BCUT2D eigenvalue weighted by atomic mass is 35.5. The molecule has 0 saturated heterocycles. The Morgan fingerprint density at radius 3 is 1.88 bits per heavy atom. The summed E-state index contributed by atoms with van der Waals surface area (Å²) in [5.41, 5.74) is 0.291. The first kappa shape index (κ1) is 13.3. The molecule has 0 saturated carbocycles. The Morgan fingerprint density at radius 2 is 1.47 bits per heavy atom. The minimum absolute atomic E-state index is 0.0926. The molecule has 0 atom stereocenters. The molecule has 0 bridgehead atoms. The molecule has 0 aliphatic heterocycles. The lowest BCUT2D eigenvalue weighted by atomic mass is 10.0. The van der Waals surface area contributed by atoms with Crippen molar-refractivity contribution in [2.45, 2.75) is 13.8 Å². The van der Waals surface area contributed by atoms with Crippen molar-refractivity contribution in [3.63, 3.8) is 0 Å². The first-order valence-electron chi connectivity index (χ1n) is 4.95. The highest BCUT2D eigenvalue weighted by molar-refractivity contribution is 6.30. The van der Waals surface area contributed by atoms with Crippen molar-refractivity contribution >= 4 is 29.0 Å². The number of carbonyl (C=O) groups excluding carboxylic acids is 3. The van der Waals surface area contributed by atoms with Gasteiger partial charge in [-0.25, -0.2) is 0 Å². The van der Waals surface area contributed by atoms with Crippen LogP contribution in [0.1, 0.15) is 24.2 Å². The largest absolute Gasteiger partial charge is 0.294 e. The zero-order chi connectivity index (χ0) is 13.0. The number of hydrogen-bond acceptors (Lipinski definition) is 3. The second-order valence-corrected chi connectivity index (χ2v) is 3.98. The normalized spacial score (nSPS) is 9.59. The summed E-state index contributed by atoms with van der Waals surface area (Å²) in [4.78, 5) is 34.0. The maximum absolute atomic E-state index is 11.8. The number of hydrogen-bond donors (Lipinski definition) is 0. The van der Waals surface area contributed by atoms with Crippen molar-refractivity contribution in [3.8, 4) is 0 Å². The van der Waals surface area contributed by atoms with E-state index in [0.717, 1.165) is 6.08 Å². The van der Waals surface area contributed by atoms with Crippen molar-refractivity contribution < 1.29 is 14.4 Å². The van der Waals surface area contributed by atoms with Gasteiger partial charge in [0.25, 0.3) is 0 Å². The molecule has 0 aliphatic rings.